The van der Waals surface area contributed by atoms with Gasteiger partial charge in [0, 0.05) is 29.6 Å². The Morgan fingerprint density at radius 1 is 0.840 bits per heavy atom. The molecule has 0 bridgehead atoms. The summed E-state index contributed by atoms with van der Waals surface area (Å²) >= 11 is 6.34. The smallest absolute Gasteiger partial charge is 0.264 e. The third-order valence-electron chi connectivity index (χ3n) is 7.67. The van der Waals surface area contributed by atoms with Crippen molar-refractivity contribution in [3.05, 3.63) is 113 Å². The van der Waals surface area contributed by atoms with E-state index in [1.807, 2.05) is 58.0 Å². The van der Waals surface area contributed by atoms with Crippen LogP contribution in [-0.2, 0) is 32.6 Å². The quantitative estimate of drug-likeness (QED) is 0.149. The average molecular weight is 722 g/mol. The number of carbonyl (C=O) groups excluding carboxylic acids is 2. The minimum Gasteiger partial charge on any atom is -0.494 e. The molecule has 10 nitrogen and oxygen atoms in total. The van der Waals surface area contributed by atoms with E-state index in [2.05, 4.69) is 5.32 Å². The van der Waals surface area contributed by atoms with Gasteiger partial charge in [-0.15, -0.1) is 0 Å². The molecule has 0 aliphatic carbocycles. The van der Waals surface area contributed by atoms with Crippen molar-refractivity contribution in [1.82, 2.24) is 10.2 Å². The first-order valence-electron chi connectivity index (χ1n) is 16.1. The molecule has 0 aliphatic heterocycles. The molecule has 0 unspecified atom stereocenters. The van der Waals surface area contributed by atoms with E-state index in [0.29, 0.717) is 28.7 Å². The number of sulfonamides is 1. The number of halogens is 1. The van der Waals surface area contributed by atoms with Gasteiger partial charge in [-0.25, -0.2) is 8.42 Å². The number of hydrogen-bond acceptors (Lipinski definition) is 7. The molecule has 0 saturated heterocycles. The first-order valence-corrected chi connectivity index (χ1v) is 17.9. The fourth-order valence-electron chi connectivity index (χ4n) is 5.35. The van der Waals surface area contributed by atoms with Gasteiger partial charge in [-0.2, -0.15) is 0 Å². The lowest BCUT2D eigenvalue weighted by atomic mass is 10.0. The first-order chi connectivity index (χ1) is 23.7. The minimum absolute atomic E-state index is 0.0119. The lowest BCUT2D eigenvalue weighted by Crippen LogP contribution is -2.56. The van der Waals surface area contributed by atoms with Crippen LogP contribution in [0.3, 0.4) is 0 Å². The SMILES string of the molecule is CCOc1ccc(N(CC(=O)N(Cc2cccc(Cl)c2)[C@H](Cc2ccccc2)C(=O)NC(C)(C)C)S(=O)(=O)c2ccc(OC)c(OC)c2)cc1. The van der Waals surface area contributed by atoms with Gasteiger partial charge in [-0.1, -0.05) is 54.1 Å². The molecule has 12 heteroatoms. The van der Waals surface area contributed by atoms with Crippen molar-refractivity contribution < 1.29 is 32.2 Å². The maximum absolute atomic E-state index is 14.7. The highest BCUT2D eigenvalue weighted by atomic mass is 35.5. The molecule has 266 valence electrons. The first kappa shape index (κ1) is 38.1. The van der Waals surface area contributed by atoms with E-state index in [1.165, 1.54) is 37.3 Å². The van der Waals surface area contributed by atoms with E-state index in [9.17, 15) is 18.0 Å². The van der Waals surface area contributed by atoms with Crippen molar-refractivity contribution in [2.24, 2.45) is 0 Å². The Hall–Kier alpha value is -4.74. The van der Waals surface area contributed by atoms with Crippen LogP contribution in [0.1, 0.15) is 38.8 Å². The third kappa shape index (κ3) is 9.92. The van der Waals surface area contributed by atoms with Gasteiger partial charge in [-0.05, 0) is 87.4 Å². The Morgan fingerprint density at radius 2 is 1.50 bits per heavy atom. The number of ether oxygens (including phenoxy) is 3. The molecule has 0 radical (unpaired) electrons. The van der Waals surface area contributed by atoms with Crippen LogP contribution in [0.5, 0.6) is 17.2 Å². The number of hydrogen-bond donors (Lipinski definition) is 1. The van der Waals surface area contributed by atoms with Crippen molar-refractivity contribution in [2.75, 3.05) is 31.7 Å². The van der Waals surface area contributed by atoms with Crippen LogP contribution in [0.4, 0.5) is 5.69 Å². The summed E-state index contributed by atoms with van der Waals surface area (Å²) in [7, 11) is -1.53. The van der Waals surface area contributed by atoms with Crippen LogP contribution in [0.25, 0.3) is 0 Å². The highest BCUT2D eigenvalue weighted by Gasteiger charge is 2.36. The van der Waals surface area contributed by atoms with Crippen molar-refractivity contribution in [3.63, 3.8) is 0 Å². The van der Waals surface area contributed by atoms with Gasteiger partial charge in [0.1, 0.15) is 18.3 Å². The minimum atomic E-state index is -4.39. The summed E-state index contributed by atoms with van der Waals surface area (Å²) in [6.45, 7) is 7.20. The summed E-state index contributed by atoms with van der Waals surface area (Å²) in [5.41, 5.74) is 1.11. The topological polar surface area (TPSA) is 114 Å². The van der Waals surface area contributed by atoms with E-state index < -0.39 is 34.1 Å². The Morgan fingerprint density at radius 3 is 2.10 bits per heavy atom. The molecule has 0 aromatic heterocycles. The second-order valence-electron chi connectivity index (χ2n) is 12.6. The predicted octanol–water partition coefficient (Wildman–Crippen LogP) is 6.51. The van der Waals surface area contributed by atoms with Crippen LogP contribution in [-0.4, -0.2) is 64.1 Å². The van der Waals surface area contributed by atoms with Gasteiger partial charge >= 0.3 is 0 Å². The highest BCUT2D eigenvalue weighted by molar-refractivity contribution is 7.92. The Balaban J connectivity index is 1.85. The molecule has 1 N–H and O–H groups in total. The van der Waals surface area contributed by atoms with Gasteiger partial charge in [-0.3, -0.25) is 13.9 Å². The number of carbonyl (C=O) groups is 2. The van der Waals surface area contributed by atoms with Crippen LogP contribution in [0.2, 0.25) is 5.02 Å². The Kier molecular flexibility index (Phi) is 12.8. The molecular formula is C38H44ClN3O7S. The van der Waals surface area contributed by atoms with E-state index >= 15 is 0 Å². The van der Waals surface area contributed by atoms with Crippen molar-refractivity contribution in [1.29, 1.82) is 0 Å². The van der Waals surface area contributed by atoms with Crippen molar-refractivity contribution in [2.45, 2.75) is 57.1 Å². The zero-order valence-electron chi connectivity index (χ0n) is 29.2. The largest absolute Gasteiger partial charge is 0.494 e. The molecule has 50 heavy (non-hydrogen) atoms. The van der Waals surface area contributed by atoms with E-state index in [4.69, 9.17) is 25.8 Å². The number of anilines is 1. The van der Waals surface area contributed by atoms with Gasteiger partial charge in [0.2, 0.25) is 11.8 Å². The normalized spacial score (nSPS) is 12.1. The molecule has 0 saturated carbocycles. The number of nitrogens with zero attached hydrogens (tertiary/aromatic N) is 2. The summed E-state index contributed by atoms with van der Waals surface area (Å²) in [5, 5.41) is 3.48. The summed E-state index contributed by atoms with van der Waals surface area (Å²) in [4.78, 5) is 30.1. The summed E-state index contributed by atoms with van der Waals surface area (Å²) < 4.78 is 46.3. The molecule has 1 atom stereocenters. The number of nitrogens with one attached hydrogen (secondary N) is 1. The predicted molar refractivity (Wildman–Crippen MR) is 196 cm³/mol. The van der Waals surface area contributed by atoms with E-state index in [-0.39, 0.29) is 35.2 Å². The molecule has 0 heterocycles. The standard InChI is InChI=1S/C38H44ClN3O7S/c1-7-49-31-18-16-30(17-19-31)42(50(45,46)32-20-21-34(47-5)35(24-32)48-6)26-36(43)41(25-28-14-11-15-29(39)22-28)33(37(44)40-38(2,3)4)23-27-12-9-8-10-13-27/h8-22,24,33H,7,23,25-26H2,1-6H3,(H,40,44)/t33-/m1/s1. The maximum Gasteiger partial charge on any atom is 0.264 e. The summed E-state index contributed by atoms with van der Waals surface area (Å²) in [5.74, 6) is 0.0998. The zero-order valence-corrected chi connectivity index (χ0v) is 30.8. The molecule has 4 aromatic carbocycles. The second-order valence-corrected chi connectivity index (χ2v) is 14.9. The number of methoxy groups -OCH3 is 2. The van der Waals surface area contributed by atoms with Crippen LogP contribution >= 0.6 is 11.6 Å². The molecule has 4 rings (SSSR count). The van der Waals surface area contributed by atoms with Crippen LogP contribution < -0.4 is 23.8 Å². The van der Waals surface area contributed by atoms with E-state index in [0.717, 1.165) is 9.87 Å². The van der Waals surface area contributed by atoms with Gasteiger partial charge in [0.15, 0.2) is 11.5 Å². The van der Waals surface area contributed by atoms with Gasteiger partial charge < -0.3 is 24.4 Å². The van der Waals surface area contributed by atoms with Crippen molar-refractivity contribution >= 4 is 39.1 Å². The monoisotopic (exact) mass is 721 g/mol. The fourth-order valence-corrected chi connectivity index (χ4v) is 6.99. The second kappa shape index (κ2) is 16.8. The molecule has 2 amide bonds. The fraction of sp³-hybridized carbons (Fsp3) is 0.316. The molecule has 4 aromatic rings. The number of amides is 2. The maximum atomic E-state index is 14.7. The Labute approximate surface area is 300 Å². The Bertz CT molecular complexity index is 1860. The van der Waals surface area contributed by atoms with E-state index in [1.54, 1.807) is 48.5 Å². The number of benzene rings is 4. The highest BCUT2D eigenvalue weighted by Crippen LogP contribution is 2.33. The molecule has 0 aliphatic rings. The van der Waals surface area contributed by atoms with Crippen molar-refractivity contribution in [3.8, 4) is 17.2 Å². The third-order valence-corrected chi connectivity index (χ3v) is 9.67. The number of rotatable bonds is 15. The average Bonchev–Trinajstić information content (AvgIpc) is 3.08. The lowest BCUT2D eigenvalue weighted by molar-refractivity contribution is -0.140. The van der Waals surface area contributed by atoms with Gasteiger partial charge in [0.05, 0.1) is 31.4 Å². The summed E-state index contributed by atoms with van der Waals surface area (Å²) in [6.07, 6.45) is 0.181. The molecular weight excluding hydrogens is 678 g/mol. The van der Waals surface area contributed by atoms with Crippen LogP contribution in [0, 0.1) is 0 Å². The molecule has 0 spiro atoms. The zero-order chi connectivity index (χ0) is 36.5. The van der Waals surface area contributed by atoms with Crippen LogP contribution in [0.15, 0.2) is 102 Å². The summed E-state index contributed by atoms with van der Waals surface area (Å²) in [6, 6.07) is 26.0. The van der Waals surface area contributed by atoms with Gasteiger partial charge in [0.25, 0.3) is 10.0 Å². The lowest BCUT2D eigenvalue weighted by Gasteiger charge is -2.35. The molecule has 0 fully saturated rings.